The molecule has 0 aromatic heterocycles. The van der Waals surface area contributed by atoms with Crippen molar-refractivity contribution >= 4 is 46.8 Å². The molecule has 2 amide bonds. The van der Waals surface area contributed by atoms with Crippen LogP contribution in [0.25, 0.3) is 0 Å². The van der Waals surface area contributed by atoms with Crippen molar-refractivity contribution in [1.82, 2.24) is 10.2 Å². The number of unbranched alkanes of at least 4 members (excludes halogenated alkanes) is 1. The standard InChI is InChI=1S/C24H30Cl2N2O2S/c1-3-5-14-27-24(30)22(4-2)28(15-19-20(25)12-9-13-21(19)26)23(29)17-31-16-18-10-7-6-8-11-18/h6-13,22H,3-5,14-17H2,1-2H3,(H,27,30)/t22-/m0/s1. The smallest absolute Gasteiger partial charge is 0.242 e. The van der Waals surface area contributed by atoms with E-state index in [1.807, 2.05) is 37.3 Å². The summed E-state index contributed by atoms with van der Waals surface area (Å²) in [5, 5.41) is 3.94. The lowest BCUT2D eigenvalue weighted by Crippen LogP contribution is -2.49. The van der Waals surface area contributed by atoms with E-state index in [9.17, 15) is 9.59 Å². The summed E-state index contributed by atoms with van der Waals surface area (Å²) in [5.74, 6) is 0.762. The third-order valence-electron chi connectivity index (χ3n) is 4.94. The highest BCUT2D eigenvalue weighted by Gasteiger charge is 2.29. The zero-order valence-corrected chi connectivity index (χ0v) is 20.4. The molecule has 31 heavy (non-hydrogen) atoms. The first-order chi connectivity index (χ1) is 15.0. The largest absolute Gasteiger partial charge is 0.354 e. The maximum atomic E-state index is 13.2. The molecule has 4 nitrogen and oxygen atoms in total. The number of benzene rings is 2. The van der Waals surface area contributed by atoms with Crippen molar-refractivity contribution in [3.05, 3.63) is 69.7 Å². The molecule has 0 unspecified atom stereocenters. The van der Waals surface area contributed by atoms with Crippen LogP contribution in [0.2, 0.25) is 10.0 Å². The highest BCUT2D eigenvalue weighted by atomic mass is 35.5. The molecule has 0 saturated carbocycles. The van der Waals surface area contributed by atoms with Crippen LogP contribution in [0.1, 0.15) is 44.2 Å². The second kappa shape index (κ2) is 13.7. The van der Waals surface area contributed by atoms with Gasteiger partial charge in [0.25, 0.3) is 0 Å². The Morgan fingerprint density at radius 1 is 1.03 bits per heavy atom. The van der Waals surface area contributed by atoms with Gasteiger partial charge < -0.3 is 10.2 Å². The first kappa shape index (κ1) is 25.6. The Hall–Kier alpha value is -1.69. The summed E-state index contributed by atoms with van der Waals surface area (Å²) < 4.78 is 0. The van der Waals surface area contributed by atoms with E-state index in [-0.39, 0.29) is 24.1 Å². The van der Waals surface area contributed by atoms with Crippen LogP contribution < -0.4 is 5.32 Å². The van der Waals surface area contributed by atoms with Crippen LogP contribution in [-0.2, 0) is 21.9 Å². The van der Waals surface area contributed by atoms with Gasteiger partial charge in [-0.3, -0.25) is 9.59 Å². The second-order valence-electron chi connectivity index (χ2n) is 7.27. The number of carbonyl (C=O) groups excluding carboxylic acids is 2. The molecule has 0 aliphatic rings. The number of hydrogen-bond donors (Lipinski definition) is 1. The van der Waals surface area contributed by atoms with E-state index < -0.39 is 6.04 Å². The summed E-state index contributed by atoms with van der Waals surface area (Å²) >= 11 is 14.3. The highest BCUT2D eigenvalue weighted by Crippen LogP contribution is 2.27. The summed E-state index contributed by atoms with van der Waals surface area (Å²) in [4.78, 5) is 27.7. The predicted octanol–water partition coefficient (Wildman–Crippen LogP) is 5.95. The summed E-state index contributed by atoms with van der Waals surface area (Å²) in [6, 6.07) is 14.7. The Bertz CT molecular complexity index is 828. The zero-order valence-electron chi connectivity index (χ0n) is 18.1. The molecule has 0 heterocycles. The molecule has 168 valence electrons. The lowest BCUT2D eigenvalue weighted by atomic mass is 10.1. The molecule has 0 spiro atoms. The van der Waals surface area contributed by atoms with Crippen LogP contribution in [-0.4, -0.2) is 35.1 Å². The van der Waals surface area contributed by atoms with Crippen molar-refractivity contribution in [2.45, 2.75) is 51.4 Å². The normalized spacial score (nSPS) is 11.7. The Labute approximate surface area is 199 Å². The number of amides is 2. The van der Waals surface area contributed by atoms with E-state index in [1.54, 1.807) is 23.1 Å². The van der Waals surface area contributed by atoms with Gasteiger partial charge >= 0.3 is 0 Å². The van der Waals surface area contributed by atoms with Crippen molar-refractivity contribution in [2.24, 2.45) is 0 Å². The molecule has 2 aromatic rings. The maximum Gasteiger partial charge on any atom is 0.242 e. The molecule has 2 rings (SSSR count). The fraction of sp³-hybridized carbons (Fsp3) is 0.417. The van der Waals surface area contributed by atoms with Crippen molar-refractivity contribution in [3.63, 3.8) is 0 Å². The van der Waals surface area contributed by atoms with E-state index in [0.717, 1.165) is 24.2 Å². The van der Waals surface area contributed by atoms with E-state index in [2.05, 4.69) is 12.2 Å². The second-order valence-corrected chi connectivity index (χ2v) is 9.07. The molecule has 0 fully saturated rings. The van der Waals surface area contributed by atoms with E-state index >= 15 is 0 Å². The molecule has 0 bridgehead atoms. The van der Waals surface area contributed by atoms with E-state index in [0.29, 0.717) is 28.6 Å². The lowest BCUT2D eigenvalue weighted by molar-refractivity contribution is -0.139. The quantitative estimate of drug-likeness (QED) is 0.381. The van der Waals surface area contributed by atoms with Gasteiger partial charge in [-0.2, -0.15) is 0 Å². The lowest BCUT2D eigenvalue weighted by Gasteiger charge is -2.31. The number of carbonyl (C=O) groups is 2. The van der Waals surface area contributed by atoms with Crippen LogP contribution in [0, 0.1) is 0 Å². The molecular formula is C24H30Cl2N2O2S. The molecule has 2 aromatic carbocycles. The third kappa shape index (κ3) is 8.06. The monoisotopic (exact) mass is 480 g/mol. The summed E-state index contributed by atoms with van der Waals surface area (Å²) in [5.41, 5.74) is 1.82. The zero-order chi connectivity index (χ0) is 22.6. The van der Waals surface area contributed by atoms with Gasteiger partial charge in [-0.1, -0.05) is 79.9 Å². The van der Waals surface area contributed by atoms with Crippen molar-refractivity contribution in [2.75, 3.05) is 12.3 Å². The van der Waals surface area contributed by atoms with Crippen molar-refractivity contribution in [3.8, 4) is 0 Å². The minimum Gasteiger partial charge on any atom is -0.354 e. The van der Waals surface area contributed by atoms with Crippen LogP contribution in [0.5, 0.6) is 0 Å². The molecule has 7 heteroatoms. The number of nitrogens with one attached hydrogen (secondary N) is 1. The molecule has 0 radical (unpaired) electrons. The fourth-order valence-electron chi connectivity index (χ4n) is 3.19. The number of thioether (sulfide) groups is 1. The Morgan fingerprint density at radius 2 is 1.71 bits per heavy atom. The summed E-state index contributed by atoms with van der Waals surface area (Å²) in [6.07, 6.45) is 2.40. The molecule has 1 N–H and O–H groups in total. The number of halogens is 2. The van der Waals surface area contributed by atoms with Crippen molar-refractivity contribution < 1.29 is 9.59 Å². The van der Waals surface area contributed by atoms with Crippen LogP contribution in [0.3, 0.4) is 0 Å². The summed E-state index contributed by atoms with van der Waals surface area (Å²) in [6.45, 7) is 4.78. The molecule has 0 aliphatic carbocycles. The van der Waals surface area contributed by atoms with Crippen molar-refractivity contribution in [1.29, 1.82) is 0 Å². The first-order valence-corrected chi connectivity index (χ1v) is 12.5. The maximum absolute atomic E-state index is 13.2. The fourth-order valence-corrected chi connectivity index (χ4v) is 4.58. The van der Waals surface area contributed by atoms with E-state index in [4.69, 9.17) is 23.2 Å². The highest BCUT2D eigenvalue weighted by molar-refractivity contribution is 7.99. The minimum atomic E-state index is -0.575. The van der Waals surface area contributed by atoms with Crippen LogP contribution in [0.4, 0.5) is 0 Å². The van der Waals surface area contributed by atoms with Gasteiger partial charge in [0.15, 0.2) is 0 Å². The van der Waals surface area contributed by atoms with Crippen LogP contribution in [0.15, 0.2) is 48.5 Å². The van der Waals surface area contributed by atoms with Gasteiger partial charge in [-0.05, 0) is 30.5 Å². The average molecular weight is 481 g/mol. The first-order valence-electron chi connectivity index (χ1n) is 10.6. The van der Waals surface area contributed by atoms with Gasteiger partial charge in [0.1, 0.15) is 6.04 Å². The molecule has 1 atom stereocenters. The van der Waals surface area contributed by atoms with E-state index in [1.165, 1.54) is 11.8 Å². The minimum absolute atomic E-state index is 0.102. The molecule has 0 saturated heterocycles. The number of rotatable bonds is 12. The predicted molar refractivity (Wildman–Crippen MR) is 132 cm³/mol. The molecular weight excluding hydrogens is 451 g/mol. The Morgan fingerprint density at radius 3 is 2.32 bits per heavy atom. The topological polar surface area (TPSA) is 49.4 Å². The van der Waals surface area contributed by atoms with Crippen LogP contribution >= 0.6 is 35.0 Å². The van der Waals surface area contributed by atoms with Gasteiger partial charge in [-0.15, -0.1) is 11.8 Å². The Balaban J connectivity index is 2.16. The Kier molecular flexibility index (Phi) is 11.3. The third-order valence-corrected chi connectivity index (χ3v) is 6.64. The summed E-state index contributed by atoms with van der Waals surface area (Å²) in [7, 11) is 0. The van der Waals surface area contributed by atoms with Gasteiger partial charge in [0, 0.05) is 34.5 Å². The SMILES string of the molecule is CCCCNC(=O)[C@H](CC)N(Cc1c(Cl)cccc1Cl)C(=O)CSCc1ccccc1. The van der Waals surface area contributed by atoms with Gasteiger partial charge in [0.2, 0.25) is 11.8 Å². The van der Waals surface area contributed by atoms with Gasteiger partial charge in [-0.25, -0.2) is 0 Å². The van der Waals surface area contributed by atoms with Gasteiger partial charge in [0.05, 0.1) is 5.75 Å². The molecule has 0 aliphatic heterocycles. The number of hydrogen-bond acceptors (Lipinski definition) is 3. The number of nitrogens with zero attached hydrogens (tertiary/aromatic N) is 1. The average Bonchev–Trinajstić information content (AvgIpc) is 2.76.